The number of unbranched alkanes of at least 4 members (excludes halogenated alkanes) is 1. The van der Waals surface area contributed by atoms with Crippen LogP contribution < -0.4 is 5.32 Å². The van der Waals surface area contributed by atoms with E-state index in [1.807, 2.05) is 13.0 Å². The molecule has 4 heteroatoms. The Kier molecular flexibility index (Phi) is 5.55. The highest BCUT2D eigenvalue weighted by molar-refractivity contribution is 5.97. The van der Waals surface area contributed by atoms with Crippen LogP contribution in [0.4, 0.5) is 0 Å². The van der Waals surface area contributed by atoms with Crippen molar-refractivity contribution < 1.29 is 14.7 Å². The number of hydrogen-bond acceptors (Lipinski definition) is 2. The predicted molar refractivity (Wildman–Crippen MR) is 74.1 cm³/mol. The number of aliphatic carboxylic acids is 1. The Morgan fingerprint density at radius 2 is 1.84 bits per heavy atom. The molecule has 1 unspecified atom stereocenters. The van der Waals surface area contributed by atoms with E-state index in [4.69, 9.17) is 0 Å². The lowest BCUT2D eigenvalue weighted by Crippen LogP contribution is -2.54. The summed E-state index contributed by atoms with van der Waals surface area (Å²) in [5.74, 6) is -1.30. The quantitative estimate of drug-likeness (QED) is 0.795. The molecule has 0 spiro atoms. The van der Waals surface area contributed by atoms with E-state index in [2.05, 4.69) is 5.32 Å². The van der Waals surface area contributed by atoms with Crippen LogP contribution in [0, 0.1) is 0 Å². The SMILES string of the molecule is CCCCC(CC)(NC(=O)c1ccccc1)C(=O)O. The highest BCUT2D eigenvalue weighted by Gasteiger charge is 2.37. The minimum Gasteiger partial charge on any atom is -0.480 e. The van der Waals surface area contributed by atoms with Crippen LogP contribution in [0.25, 0.3) is 0 Å². The molecule has 1 amide bonds. The fourth-order valence-corrected chi connectivity index (χ4v) is 2.00. The smallest absolute Gasteiger partial charge is 0.329 e. The van der Waals surface area contributed by atoms with Crippen LogP contribution in [-0.2, 0) is 4.79 Å². The Labute approximate surface area is 113 Å². The molecule has 19 heavy (non-hydrogen) atoms. The number of rotatable bonds is 7. The normalized spacial score (nSPS) is 13.6. The van der Waals surface area contributed by atoms with E-state index in [0.717, 1.165) is 12.8 Å². The first-order valence-corrected chi connectivity index (χ1v) is 6.66. The van der Waals surface area contributed by atoms with Gasteiger partial charge in [0, 0.05) is 5.56 Å². The van der Waals surface area contributed by atoms with Gasteiger partial charge in [0.05, 0.1) is 0 Å². The van der Waals surface area contributed by atoms with Crippen LogP contribution in [0.5, 0.6) is 0 Å². The van der Waals surface area contributed by atoms with E-state index in [0.29, 0.717) is 18.4 Å². The first-order valence-electron chi connectivity index (χ1n) is 6.66. The molecule has 4 nitrogen and oxygen atoms in total. The van der Waals surface area contributed by atoms with Crippen LogP contribution in [0.2, 0.25) is 0 Å². The molecule has 0 aliphatic heterocycles. The molecular formula is C15H21NO3. The summed E-state index contributed by atoms with van der Waals surface area (Å²) in [6.07, 6.45) is 2.50. The molecule has 2 N–H and O–H groups in total. The van der Waals surface area contributed by atoms with Crippen LogP contribution in [-0.4, -0.2) is 22.5 Å². The van der Waals surface area contributed by atoms with Gasteiger partial charge < -0.3 is 10.4 Å². The van der Waals surface area contributed by atoms with Crippen molar-refractivity contribution >= 4 is 11.9 Å². The number of carbonyl (C=O) groups excluding carboxylic acids is 1. The highest BCUT2D eigenvalue weighted by atomic mass is 16.4. The molecule has 1 atom stereocenters. The Morgan fingerprint density at radius 3 is 2.32 bits per heavy atom. The van der Waals surface area contributed by atoms with E-state index in [9.17, 15) is 14.7 Å². The summed E-state index contributed by atoms with van der Waals surface area (Å²) in [7, 11) is 0. The number of carboxylic acid groups (broad SMARTS) is 1. The van der Waals surface area contributed by atoms with Gasteiger partial charge in [0.2, 0.25) is 0 Å². The zero-order valence-electron chi connectivity index (χ0n) is 11.5. The molecule has 0 saturated carbocycles. The number of carbonyl (C=O) groups is 2. The van der Waals surface area contributed by atoms with Gasteiger partial charge in [-0.3, -0.25) is 4.79 Å². The van der Waals surface area contributed by atoms with E-state index in [1.165, 1.54) is 0 Å². The van der Waals surface area contributed by atoms with Crippen LogP contribution in [0.1, 0.15) is 49.9 Å². The van der Waals surface area contributed by atoms with Crippen LogP contribution in [0.3, 0.4) is 0 Å². The zero-order valence-corrected chi connectivity index (χ0v) is 11.5. The monoisotopic (exact) mass is 263 g/mol. The average molecular weight is 263 g/mol. The minimum absolute atomic E-state index is 0.332. The average Bonchev–Trinajstić information content (AvgIpc) is 2.44. The Balaban J connectivity index is 2.88. The van der Waals surface area contributed by atoms with Crippen molar-refractivity contribution in [2.24, 2.45) is 0 Å². The molecule has 0 aliphatic carbocycles. The molecule has 0 heterocycles. The van der Waals surface area contributed by atoms with Gasteiger partial charge in [-0.05, 0) is 25.0 Å². The van der Waals surface area contributed by atoms with Crippen molar-refractivity contribution in [2.45, 2.75) is 45.1 Å². The van der Waals surface area contributed by atoms with Crippen molar-refractivity contribution in [1.82, 2.24) is 5.32 Å². The molecular weight excluding hydrogens is 242 g/mol. The second kappa shape index (κ2) is 6.92. The fourth-order valence-electron chi connectivity index (χ4n) is 2.00. The number of amides is 1. The Bertz CT molecular complexity index is 430. The third-order valence-corrected chi connectivity index (χ3v) is 3.36. The number of hydrogen-bond donors (Lipinski definition) is 2. The Morgan fingerprint density at radius 1 is 1.21 bits per heavy atom. The van der Waals surface area contributed by atoms with E-state index >= 15 is 0 Å². The van der Waals surface area contributed by atoms with E-state index in [1.54, 1.807) is 31.2 Å². The van der Waals surface area contributed by atoms with Crippen LogP contribution in [0.15, 0.2) is 30.3 Å². The molecule has 1 aromatic carbocycles. The lowest BCUT2D eigenvalue weighted by molar-refractivity contribution is -0.145. The number of carboxylic acids is 1. The van der Waals surface area contributed by atoms with Gasteiger partial charge in [-0.15, -0.1) is 0 Å². The second-order valence-electron chi connectivity index (χ2n) is 4.66. The third kappa shape index (κ3) is 3.81. The topological polar surface area (TPSA) is 66.4 Å². The standard InChI is InChI=1S/C15H21NO3/c1-3-5-11-15(4-2,14(18)19)16-13(17)12-9-7-6-8-10-12/h6-10H,3-5,11H2,1-2H3,(H,16,17)(H,18,19). The van der Waals surface area contributed by atoms with Gasteiger partial charge in [-0.2, -0.15) is 0 Å². The second-order valence-corrected chi connectivity index (χ2v) is 4.66. The molecule has 0 bridgehead atoms. The van der Waals surface area contributed by atoms with Gasteiger partial charge in [0.1, 0.15) is 5.54 Å². The van der Waals surface area contributed by atoms with E-state index in [-0.39, 0.29) is 5.91 Å². The van der Waals surface area contributed by atoms with Crippen LogP contribution >= 0.6 is 0 Å². The summed E-state index contributed by atoms with van der Waals surface area (Å²) in [5.41, 5.74) is -0.679. The van der Waals surface area contributed by atoms with Crippen molar-refractivity contribution in [3.63, 3.8) is 0 Å². The van der Waals surface area contributed by atoms with Gasteiger partial charge in [-0.1, -0.05) is 44.9 Å². The molecule has 0 saturated heterocycles. The summed E-state index contributed by atoms with van der Waals surface area (Å²) in [4.78, 5) is 23.6. The summed E-state index contributed by atoms with van der Waals surface area (Å²) >= 11 is 0. The van der Waals surface area contributed by atoms with Gasteiger partial charge in [0.15, 0.2) is 0 Å². The molecule has 1 aromatic rings. The molecule has 104 valence electrons. The maximum atomic E-state index is 12.1. The van der Waals surface area contributed by atoms with Crippen molar-refractivity contribution in [1.29, 1.82) is 0 Å². The summed E-state index contributed by atoms with van der Waals surface area (Å²) in [6, 6.07) is 8.69. The molecule has 0 aliphatic rings. The van der Waals surface area contributed by atoms with Crippen molar-refractivity contribution in [3.05, 3.63) is 35.9 Å². The van der Waals surface area contributed by atoms with Gasteiger partial charge in [0.25, 0.3) is 5.91 Å². The lowest BCUT2D eigenvalue weighted by atomic mass is 9.89. The first kappa shape index (κ1) is 15.2. The van der Waals surface area contributed by atoms with E-state index < -0.39 is 11.5 Å². The maximum absolute atomic E-state index is 12.1. The van der Waals surface area contributed by atoms with Crippen molar-refractivity contribution in [3.8, 4) is 0 Å². The fraction of sp³-hybridized carbons (Fsp3) is 0.467. The lowest BCUT2D eigenvalue weighted by Gasteiger charge is -2.29. The third-order valence-electron chi connectivity index (χ3n) is 3.36. The molecule has 0 radical (unpaired) electrons. The first-order chi connectivity index (χ1) is 9.05. The predicted octanol–water partition coefficient (Wildman–Crippen LogP) is 2.84. The molecule has 0 aromatic heterocycles. The number of benzene rings is 1. The van der Waals surface area contributed by atoms with Gasteiger partial charge >= 0.3 is 5.97 Å². The van der Waals surface area contributed by atoms with Crippen molar-refractivity contribution in [2.75, 3.05) is 0 Å². The number of nitrogens with one attached hydrogen (secondary N) is 1. The maximum Gasteiger partial charge on any atom is 0.329 e. The largest absolute Gasteiger partial charge is 0.480 e. The van der Waals surface area contributed by atoms with Gasteiger partial charge in [-0.25, -0.2) is 4.79 Å². The zero-order chi connectivity index (χ0) is 14.3. The summed E-state index contributed by atoms with van der Waals surface area (Å²) in [6.45, 7) is 3.79. The minimum atomic E-state index is -1.16. The molecule has 1 rings (SSSR count). The Hall–Kier alpha value is -1.84. The highest BCUT2D eigenvalue weighted by Crippen LogP contribution is 2.20. The molecule has 0 fully saturated rings. The summed E-state index contributed by atoms with van der Waals surface area (Å²) < 4.78 is 0. The summed E-state index contributed by atoms with van der Waals surface area (Å²) in [5, 5.41) is 12.1.